The molecule has 0 amide bonds. The SMILES string of the molecule is NNC(Cc1cccnc1)c1cccc(Cl)c1Cl. The highest BCUT2D eigenvalue weighted by molar-refractivity contribution is 6.42. The van der Waals surface area contributed by atoms with Gasteiger partial charge in [0.15, 0.2) is 0 Å². The van der Waals surface area contributed by atoms with Gasteiger partial charge in [-0.1, -0.05) is 41.4 Å². The fraction of sp³-hybridized carbons (Fsp3) is 0.154. The van der Waals surface area contributed by atoms with Crippen LogP contribution in [0, 0.1) is 0 Å². The molecule has 1 heterocycles. The molecule has 0 spiro atoms. The third-order valence-electron chi connectivity index (χ3n) is 2.72. The monoisotopic (exact) mass is 281 g/mol. The molecule has 0 bridgehead atoms. The summed E-state index contributed by atoms with van der Waals surface area (Å²) in [6.07, 6.45) is 4.24. The van der Waals surface area contributed by atoms with E-state index < -0.39 is 0 Å². The fourth-order valence-corrected chi connectivity index (χ4v) is 2.24. The first-order chi connectivity index (χ1) is 8.72. The molecule has 0 fully saturated rings. The van der Waals surface area contributed by atoms with Gasteiger partial charge in [-0.25, -0.2) is 0 Å². The van der Waals surface area contributed by atoms with Crippen molar-refractivity contribution in [1.29, 1.82) is 0 Å². The van der Waals surface area contributed by atoms with Crippen molar-refractivity contribution in [1.82, 2.24) is 10.4 Å². The highest BCUT2D eigenvalue weighted by atomic mass is 35.5. The van der Waals surface area contributed by atoms with E-state index >= 15 is 0 Å². The number of nitrogens with one attached hydrogen (secondary N) is 1. The smallest absolute Gasteiger partial charge is 0.0640 e. The topological polar surface area (TPSA) is 50.9 Å². The summed E-state index contributed by atoms with van der Waals surface area (Å²) in [5.41, 5.74) is 4.73. The number of nitrogens with zero attached hydrogens (tertiary/aromatic N) is 1. The largest absolute Gasteiger partial charge is 0.271 e. The molecule has 5 heteroatoms. The molecule has 1 aromatic carbocycles. The van der Waals surface area contributed by atoms with E-state index in [1.165, 1.54) is 0 Å². The molecule has 1 aromatic heterocycles. The average molecular weight is 282 g/mol. The van der Waals surface area contributed by atoms with Crippen LogP contribution >= 0.6 is 23.2 Å². The minimum absolute atomic E-state index is 0.0969. The number of benzene rings is 1. The van der Waals surface area contributed by atoms with Crippen molar-refractivity contribution in [2.75, 3.05) is 0 Å². The summed E-state index contributed by atoms with van der Waals surface area (Å²) < 4.78 is 0. The van der Waals surface area contributed by atoms with Gasteiger partial charge in [0, 0.05) is 12.4 Å². The highest BCUT2D eigenvalue weighted by Crippen LogP contribution is 2.31. The van der Waals surface area contributed by atoms with E-state index in [2.05, 4.69) is 10.4 Å². The average Bonchev–Trinajstić information content (AvgIpc) is 2.41. The van der Waals surface area contributed by atoms with Crippen LogP contribution in [0.4, 0.5) is 0 Å². The van der Waals surface area contributed by atoms with Crippen LogP contribution in [-0.2, 0) is 6.42 Å². The third kappa shape index (κ3) is 3.00. The van der Waals surface area contributed by atoms with Gasteiger partial charge in [-0.15, -0.1) is 0 Å². The van der Waals surface area contributed by atoms with E-state index in [1.807, 2.05) is 30.5 Å². The van der Waals surface area contributed by atoms with Crippen LogP contribution in [0.25, 0.3) is 0 Å². The van der Waals surface area contributed by atoms with Gasteiger partial charge in [0.1, 0.15) is 0 Å². The number of pyridine rings is 1. The standard InChI is InChI=1S/C13H13Cl2N3/c14-11-5-1-4-10(13(11)15)12(18-16)7-9-3-2-6-17-8-9/h1-6,8,12,18H,7,16H2. The van der Waals surface area contributed by atoms with E-state index in [-0.39, 0.29) is 6.04 Å². The van der Waals surface area contributed by atoms with Crippen molar-refractivity contribution in [2.24, 2.45) is 5.84 Å². The lowest BCUT2D eigenvalue weighted by Gasteiger charge is -2.18. The quantitative estimate of drug-likeness (QED) is 0.669. The lowest BCUT2D eigenvalue weighted by atomic mass is 10.0. The van der Waals surface area contributed by atoms with Crippen LogP contribution < -0.4 is 11.3 Å². The van der Waals surface area contributed by atoms with Crippen molar-refractivity contribution in [2.45, 2.75) is 12.5 Å². The number of rotatable bonds is 4. The van der Waals surface area contributed by atoms with Gasteiger partial charge in [-0.2, -0.15) is 0 Å². The van der Waals surface area contributed by atoms with E-state index in [0.717, 1.165) is 11.1 Å². The molecule has 0 radical (unpaired) electrons. The minimum Gasteiger partial charge on any atom is -0.271 e. The summed E-state index contributed by atoms with van der Waals surface area (Å²) in [5, 5.41) is 1.06. The summed E-state index contributed by atoms with van der Waals surface area (Å²) in [7, 11) is 0. The van der Waals surface area contributed by atoms with E-state index in [4.69, 9.17) is 29.0 Å². The number of aromatic nitrogens is 1. The van der Waals surface area contributed by atoms with Crippen LogP contribution in [-0.4, -0.2) is 4.98 Å². The second-order valence-corrected chi connectivity index (χ2v) is 4.71. The molecule has 94 valence electrons. The molecular weight excluding hydrogens is 269 g/mol. The summed E-state index contributed by atoms with van der Waals surface area (Å²) in [4.78, 5) is 4.08. The molecule has 2 aromatic rings. The van der Waals surface area contributed by atoms with Crippen molar-refractivity contribution >= 4 is 23.2 Å². The first-order valence-corrected chi connectivity index (χ1v) is 6.27. The molecule has 18 heavy (non-hydrogen) atoms. The Balaban J connectivity index is 2.26. The number of hydrogen-bond donors (Lipinski definition) is 2. The van der Waals surface area contributed by atoms with Gasteiger partial charge in [0.25, 0.3) is 0 Å². The van der Waals surface area contributed by atoms with Gasteiger partial charge in [0.05, 0.1) is 16.1 Å². The Morgan fingerprint density at radius 1 is 1.22 bits per heavy atom. The fourth-order valence-electron chi connectivity index (χ4n) is 1.80. The minimum atomic E-state index is -0.0969. The van der Waals surface area contributed by atoms with Crippen LogP contribution in [0.1, 0.15) is 17.2 Å². The first kappa shape index (κ1) is 13.3. The van der Waals surface area contributed by atoms with Crippen LogP contribution in [0.15, 0.2) is 42.7 Å². The van der Waals surface area contributed by atoms with Crippen LogP contribution in [0.5, 0.6) is 0 Å². The molecule has 2 rings (SSSR count). The zero-order chi connectivity index (χ0) is 13.0. The van der Waals surface area contributed by atoms with Crippen molar-refractivity contribution in [3.05, 3.63) is 63.9 Å². The maximum atomic E-state index is 6.19. The summed E-state index contributed by atoms with van der Waals surface area (Å²) in [6.45, 7) is 0. The Kier molecular flexibility index (Phi) is 4.55. The Hall–Kier alpha value is -1.13. The van der Waals surface area contributed by atoms with Gasteiger partial charge < -0.3 is 0 Å². The lowest BCUT2D eigenvalue weighted by Crippen LogP contribution is -2.29. The van der Waals surface area contributed by atoms with Gasteiger partial charge in [-0.05, 0) is 29.7 Å². The van der Waals surface area contributed by atoms with Gasteiger partial charge in [0.2, 0.25) is 0 Å². The predicted molar refractivity (Wildman–Crippen MR) is 74.5 cm³/mol. The van der Waals surface area contributed by atoms with Crippen molar-refractivity contribution in [3.63, 3.8) is 0 Å². The molecule has 3 nitrogen and oxygen atoms in total. The third-order valence-corrected chi connectivity index (χ3v) is 3.55. The molecule has 0 aliphatic heterocycles. The second kappa shape index (κ2) is 6.16. The zero-order valence-corrected chi connectivity index (χ0v) is 11.1. The van der Waals surface area contributed by atoms with Crippen molar-refractivity contribution in [3.8, 4) is 0 Å². The normalized spacial score (nSPS) is 12.4. The van der Waals surface area contributed by atoms with E-state index in [1.54, 1.807) is 12.3 Å². The molecule has 3 N–H and O–H groups in total. The number of hydrazine groups is 1. The Labute approximate surface area is 116 Å². The van der Waals surface area contributed by atoms with Crippen LogP contribution in [0.2, 0.25) is 10.0 Å². The molecule has 1 atom stereocenters. The van der Waals surface area contributed by atoms with Crippen molar-refractivity contribution < 1.29 is 0 Å². The number of nitrogens with two attached hydrogens (primary N) is 1. The summed E-state index contributed by atoms with van der Waals surface area (Å²) in [6, 6.07) is 9.32. The van der Waals surface area contributed by atoms with E-state index in [9.17, 15) is 0 Å². The molecular formula is C13H13Cl2N3. The molecule has 0 aliphatic rings. The second-order valence-electron chi connectivity index (χ2n) is 3.93. The Morgan fingerprint density at radius 3 is 2.72 bits per heavy atom. The maximum Gasteiger partial charge on any atom is 0.0640 e. The van der Waals surface area contributed by atoms with Crippen LogP contribution in [0.3, 0.4) is 0 Å². The van der Waals surface area contributed by atoms with Gasteiger partial charge >= 0.3 is 0 Å². The summed E-state index contributed by atoms with van der Waals surface area (Å²) >= 11 is 12.2. The number of halogens is 2. The molecule has 0 aliphatic carbocycles. The number of hydrogen-bond acceptors (Lipinski definition) is 3. The molecule has 0 saturated carbocycles. The summed E-state index contributed by atoms with van der Waals surface area (Å²) in [5.74, 6) is 5.60. The van der Waals surface area contributed by atoms with Gasteiger partial charge in [-0.3, -0.25) is 16.3 Å². The van der Waals surface area contributed by atoms with E-state index in [0.29, 0.717) is 16.5 Å². The Bertz CT molecular complexity index is 517. The zero-order valence-electron chi connectivity index (χ0n) is 9.61. The highest BCUT2D eigenvalue weighted by Gasteiger charge is 2.15. The first-order valence-electron chi connectivity index (χ1n) is 5.51. The Morgan fingerprint density at radius 2 is 2.06 bits per heavy atom. The molecule has 0 saturated heterocycles. The predicted octanol–water partition coefficient (Wildman–Crippen LogP) is 3.14. The maximum absolute atomic E-state index is 6.19. The molecule has 1 unspecified atom stereocenters. The lowest BCUT2D eigenvalue weighted by molar-refractivity contribution is 0.551.